The fourth-order valence-corrected chi connectivity index (χ4v) is 2.83. The summed E-state index contributed by atoms with van der Waals surface area (Å²) in [6.45, 7) is 0. The summed E-state index contributed by atoms with van der Waals surface area (Å²) in [6.07, 6.45) is 2.91. The van der Waals surface area contributed by atoms with Crippen LogP contribution in [0.3, 0.4) is 0 Å². The summed E-state index contributed by atoms with van der Waals surface area (Å²) in [7, 11) is 0. The number of H-pyrrole nitrogens is 2. The number of benzene rings is 1. The average Bonchev–Trinajstić information content (AvgIpc) is 3.16. The number of aromatic nitrogens is 4. The normalized spacial score (nSPS) is 11.0. The Morgan fingerprint density at radius 1 is 1.10 bits per heavy atom. The van der Waals surface area contributed by atoms with Crippen molar-refractivity contribution in [1.82, 2.24) is 19.9 Å². The van der Waals surface area contributed by atoms with Gasteiger partial charge in [-0.05, 0) is 18.2 Å². The van der Waals surface area contributed by atoms with Crippen LogP contribution < -0.4 is 5.56 Å². The SMILES string of the molecule is O=c1cnc(-c2ccc3[nH]c(-c4cscn4)cc3c2)c[nH]1. The topological polar surface area (TPSA) is 74.4 Å². The van der Waals surface area contributed by atoms with E-state index in [9.17, 15) is 4.79 Å². The van der Waals surface area contributed by atoms with Gasteiger partial charge in [0, 0.05) is 28.0 Å². The molecule has 4 rings (SSSR count). The molecule has 0 bridgehead atoms. The van der Waals surface area contributed by atoms with E-state index in [-0.39, 0.29) is 5.56 Å². The van der Waals surface area contributed by atoms with Crippen molar-refractivity contribution in [3.63, 3.8) is 0 Å². The van der Waals surface area contributed by atoms with Gasteiger partial charge in [-0.15, -0.1) is 11.3 Å². The molecule has 0 unspecified atom stereocenters. The van der Waals surface area contributed by atoms with E-state index in [4.69, 9.17) is 0 Å². The van der Waals surface area contributed by atoms with Gasteiger partial charge in [0.1, 0.15) is 0 Å². The van der Waals surface area contributed by atoms with E-state index >= 15 is 0 Å². The average molecular weight is 294 g/mol. The highest BCUT2D eigenvalue weighted by molar-refractivity contribution is 7.07. The molecular formula is C15H10N4OS. The van der Waals surface area contributed by atoms with E-state index < -0.39 is 0 Å². The summed E-state index contributed by atoms with van der Waals surface area (Å²) in [5, 5.41) is 3.10. The van der Waals surface area contributed by atoms with E-state index in [1.807, 2.05) is 29.1 Å². The van der Waals surface area contributed by atoms with Gasteiger partial charge in [-0.2, -0.15) is 0 Å². The molecule has 0 atom stereocenters. The standard InChI is InChI=1S/C15H10N4OS/c20-15-6-16-13(5-17-15)9-1-2-11-10(3-9)4-12(19-11)14-7-21-8-18-14/h1-8,19H,(H,17,20). The summed E-state index contributed by atoms with van der Waals surface area (Å²) in [5.41, 5.74) is 6.31. The van der Waals surface area contributed by atoms with Crippen LogP contribution in [0, 0.1) is 0 Å². The molecule has 0 spiro atoms. The number of hydrogen-bond acceptors (Lipinski definition) is 4. The van der Waals surface area contributed by atoms with E-state index in [1.54, 1.807) is 17.5 Å². The van der Waals surface area contributed by atoms with Gasteiger partial charge in [-0.1, -0.05) is 6.07 Å². The molecule has 0 saturated heterocycles. The molecule has 0 amide bonds. The summed E-state index contributed by atoms with van der Waals surface area (Å²) in [6, 6.07) is 8.10. The zero-order valence-corrected chi connectivity index (χ0v) is 11.6. The molecular weight excluding hydrogens is 284 g/mol. The maximum absolute atomic E-state index is 11.1. The van der Waals surface area contributed by atoms with Crippen molar-refractivity contribution >= 4 is 22.2 Å². The molecule has 0 saturated carbocycles. The number of rotatable bonds is 2. The van der Waals surface area contributed by atoms with Crippen LogP contribution in [-0.2, 0) is 0 Å². The Bertz CT molecular complexity index is 948. The van der Waals surface area contributed by atoms with Crippen molar-refractivity contribution in [2.45, 2.75) is 0 Å². The smallest absolute Gasteiger partial charge is 0.266 e. The van der Waals surface area contributed by atoms with Crippen molar-refractivity contribution in [1.29, 1.82) is 0 Å². The molecule has 3 heterocycles. The van der Waals surface area contributed by atoms with E-state index in [0.29, 0.717) is 0 Å². The number of fused-ring (bicyclic) bond motifs is 1. The van der Waals surface area contributed by atoms with Gasteiger partial charge in [0.2, 0.25) is 0 Å². The number of hydrogen-bond donors (Lipinski definition) is 2. The second kappa shape index (κ2) is 4.68. The van der Waals surface area contributed by atoms with Gasteiger partial charge in [-0.25, -0.2) is 9.97 Å². The van der Waals surface area contributed by atoms with E-state index in [0.717, 1.165) is 33.5 Å². The molecule has 102 valence electrons. The van der Waals surface area contributed by atoms with Crippen LogP contribution in [0.25, 0.3) is 33.5 Å². The Labute approximate surface area is 123 Å². The maximum Gasteiger partial charge on any atom is 0.266 e. The zero-order valence-electron chi connectivity index (χ0n) is 10.8. The lowest BCUT2D eigenvalue weighted by atomic mass is 10.1. The molecule has 6 heteroatoms. The van der Waals surface area contributed by atoms with Gasteiger partial charge in [0.05, 0.1) is 28.8 Å². The third kappa shape index (κ3) is 2.15. The van der Waals surface area contributed by atoms with Crippen LogP contribution >= 0.6 is 11.3 Å². The minimum absolute atomic E-state index is 0.202. The largest absolute Gasteiger partial charge is 0.353 e. The highest BCUT2D eigenvalue weighted by atomic mass is 32.1. The number of thiazole rings is 1. The molecule has 0 radical (unpaired) electrons. The van der Waals surface area contributed by atoms with Crippen LogP contribution in [0.2, 0.25) is 0 Å². The zero-order chi connectivity index (χ0) is 14.2. The van der Waals surface area contributed by atoms with Crippen molar-refractivity contribution in [2.24, 2.45) is 0 Å². The molecule has 0 aliphatic rings. The van der Waals surface area contributed by atoms with Crippen molar-refractivity contribution in [3.05, 3.63) is 57.9 Å². The highest BCUT2D eigenvalue weighted by Gasteiger charge is 2.07. The molecule has 0 aliphatic carbocycles. The molecule has 4 aromatic rings. The number of aromatic amines is 2. The van der Waals surface area contributed by atoms with Crippen LogP contribution in [0.1, 0.15) is 0 Å². The van der Waals surface area contributed by atoms with Gasteiger partial charge < -0.3 is 9.97 Å². The third-order valence-corrected chi connectivity index (χ3v) is 3.88. The van der Waals surface area contributed by atoms with E-state index in [2.05, 4.69) is 26.0 Å². The lowest BCUT2D eigenvalue weighted by Crippen LogP contribution is -2.04. The molecule has 2 N–H and O–H groups in total. The van der Waals surface area contributed by atoms with Crippen LogP contribution in [-0.4, -0.2) is 19.9 Å². The Kier molecular flexibility index (Phi) is 2.68. The van der Waals surface area contributed by atoms with Crippen LogP contribution in [0.15, 0.2) is 52.3 Å². The minimum Gasteiger partial charge on any atom is -0.353 e. The first-order valence-corrected chi connectivity index (χ1v) is 7.30. The fourth-order valence-electron chi connectivity index (χ4n) is 2.28. The first kappa shape index (κ1) is 12.0. The first-order chi connectivity index (χ1) is 10.3. The van der Waals surface area contributed by atoms with Crippen molar-refractivity contribution < 1.29 is 0 Å². The monoisotopic (exact) mass is 294 g/mol. The molecule has 3 aromatic heterocycles. The second-order valence-electron chi connectivity index (χ2n) is 4.66. The third-order valence-electron chi connectivity index (χ3n) is 3.30. The highest BCUT2D eigenvalue weighted by Crippen LogP contribution is 2.27. The fraction of sp³-hybridized carbons (Fsp3) is 0. The molecule has 1 aromatic carbocycles. The van der Waals surface area contributed by atoms with Crippen molar-refractivity contribution in [2.75, 3.05) is 0 Å². The lowest BCUT2D eigenvalue weighted by molar-refractivity contribution is 1.14. The number of nitrogens with one attached hydrogen (secondary N) is 2. The predicted molar refractivity (Wildman–Crippen MR) is 83.3 cm³/mol. The summed E-state index contributed by atoms with van der Waals surface area (Å²) in [4.78, 5) is 25.5. The Morgan fingerprint density at radius 2 is 2.05 bits per heavy atom. The molecule has 5 nitrogen and oxygen atoms in total. The summed E-state index contributed by atoms with van der Waals surface area (Å²) in [5.74, 6) is 0. The summed E-state index contributed by atoms with van der Waals surface area (Å²) < 4.78 is 0. The van der Waals surface area contributed by atoms with Crippen molar-refractivity contribution in [3.8, 4) is 22.6 Å². The first-order valence-electron chi connectivity index (χ1n) is 6.36. The molecule has 0 aliphatic heterocycles. The van der Waals surface area contributed by atoms with Gasteiger partial charge >= 0.3 is 0 Å². The quantitative estimate of drug-likeness (QED) is 0.596. The van der Waals surface area contributed by atoms with Crippen LogP contribution in [0.4, 0.5) is 0 Å². The maximum atomic E-state index is 11.1. The van der Waals surface area contributed by atoms with Gasteiger partial charge in [0.25, 0.3) is 5.56 Å². The number of nitrogens with zero attached hydrogens (tertiary/aromatic N) is 2. The Balaban J connectivity index is 1.82. The Morgan fingerprint density at radius 3 is 2.81 bits per heavy atom. The predicted octanol–water partition coefficient (Wildman–Crippen LogP) is 3.04. The molecule has 21 heavy (non-hydrogen) atoms. The minimum atomic E-state index is -0.202. The second-order valence-corrected chi connectivity index (χ2v) is 5.37. The van der Waals surface area contributed by atoms with Gasteiger partial charge in [0.15, 0.2) is 0 Å². The van der Waals surface area contributed by atoms with Crippen LogP contribution in [0.5, 0.6) is 0 Å². The van der Waals surface area contributed by atoms with Gasteiger partial charge in [-0.3, -0.25) is 4.79 Å². The summed E-state index contributed by atoms with van der Waals surface area (Å²) >= 11 is 1.57. The molecule has 0 fully saturated rings. The van der Waals surface area contributed by atoms with E-state index in [1.165, 1.54) is 6.20 Å². The Hall–Kier alpha value is -2.73. The lowest BCUT2D eigenvalue weighted by Gasteiger charge is -1.99.